The molecule has 31 heavy (non-hydrogen) atoms. The Hall–Kier alpha value is -1.96. The van der Waals surface area contributed by atoms with Gasteiger partial charge in [0.05, 0.1) is 11.8 Å². The van der Waals surface area contributed by atoms with E-state index in [4.69, 9.17) is 11.6 Å². The Morgan fingerprint density at radius 1 is 1.19 bits per heavy atom. The summed E-state index contributed by atoms with van der Waals surface area (Å²) >= 11 is 5.98. The summed E-state index contributed by atoms with van der Waals surface area (Å²) in [5.74, 6) is -1.44. The molecule has 1 heterocycles. The molecule has 168 valence electrons. The number of aryl methyl sites for hydroxylation is 1. The summed E-state index contributed by atoms with van der Waals surface area (Å²) in [7, 11) is -3.73. The summed E-state index contributed by atoms with van der Waals surface area (Å²) in [5, 5.41) is 3.13. The first-order valence-corrected chi connectivity index (χ1v) is 12.5. The van der Waals surface area contributed by atoms with E-state index in [0.717, 1.165) is 12.0 Å². The molecule has 0 spiro atoms. The third-order valence-electron chi connectivity index (χ3n) is 5.85. The lowest BCUT2D eigenvalue weighted by molar-refractivity contribution is -0.126. The van der Waals surface area contributed by atoms with Gasteiger partial charge in [0, 0.05) is 29.6 Å². The smallest absolute Gasteiger partial charge is 0.223 e. The first kappa shape index (κ1) is 23.7. The highest BCUT2D eigenvalue weighted by Gasteiger charge is 2.32. The van der Waals surface area contributed by atoms with Gasteiger partial charge in [0.1, 0.15) is 5.82 Å². The molecule has 1 N–H and O–H groups in total. The van der Waals surface area contributed by atoms with E-state index in [2.05, 4.69) is 24.4 Å². The topological polar surface area (TPSA) is 66.5 Å². The number of hydrogen-bond donors (Lipinski definition) is 1. The quantitative estimate of drug-likeness (QED) is 0.655. The number of rotatable bonds is 7. The van der Waals surface area contributed by atoms with E-state index in [9.17, 15) is 17.6 Å². The maximum absolute atomic E-state index is 14.0. The lowest BCUT2D eigenvalue weighted by atomic mass is 9.96. The molecule has 1 fully saturated rings. The highest BCUT2D eigenvalue weighted by Crippen LogP contribution is 2.26. The number of carbonyl (C=O) groups is 1. The number of sulfonamides is 1. The molecule has 0 unspecified atom stereocenters. The van der Waals surface area contributed by atoms with Gasteiger partial charge >= 0.3 is 0 Å². The first-order valence-electron chi connectivity index (χ1n) is 10.5. The molecule has 2 aromatic carbocycles. The molecule has 0 radical (unpaired) electrons. The molecule has 1 atom stereocenters. The third-order valence-corrected chi connectivity index (χ3v) is 8.01. The molecule has 0 aromatic heterocycles. The number of halogens is 2. The van der Waals surface area contributed by atoms with Gasteiger partial charge in [-0.15, -0.1) is 0 Å². The van der Waals surface area contributed by atoms with E-state index in [1.807, 2.05) is 19.1 Å². The Balaban J connectivity index is 1.56. The van der Waals surface area contributed by atoms with Crippen LogP contribution in [-0.4, -0.2) is 31.7 Å². The normalized spacial score (nSPS) is 16.8. The molecule has 0 saturated carbocycles. The van der Waals surface area contributed by atoms with Gasteiger partial charge in [-0.1, -0.05) is 48.9 Å². The zero-order chi connectivity index (χ0) is 22.6. The van der Waals surface area contributed by atoms with Crippen LogP contribution in [0.5, 0.6) is 0 Å². The second kappa shape index (κ2) is 10.1. The number of piperidine rings is 1. The maximum Gasteiger partial charge on any atom is 0.223 e. The lowest BCUT2D eigenvalue weighted by Crippen LogP contribution is -2.43. The predicted molar refractivity (Wildman–Crippen MR) is 121 cm³/mol. The summed E-state index contributed by atoms with van der Waals surface area (Å²) in [6.45, 7) is 4.49. The zero-order valence-corrected chi connectivity index (χ0v) is 19.3. The molecule has 8 heteroatoms. The van der Waals surface area contributed by atoms with Crippen molar-refractivity contribution in [3.8, 4) is 0 Å². The molecule has 2 aromatic rings. The SMILES string of the molecule is CCc1ccc([C@@H](C)NC(=O)C2CCN(S(=O)(=O)Cc3c(F)cccc3Cl)CC2)cc1. The van der Waals surface area contributed by atoms with Crippen molar-refractivity contribution in [1.82, 2.24) is 9.62 Å². The van der Waals surface area contributed by atoms with Crippen LogP contribution in [0.2, 0.25) is 5.02 Å². The second-order valence-electron chi connectivity index (χ2n) is 7.96. The van der Waals surface area contributed by atoms with Gasteiger partial charge in [-0.3, -0.25) is 4.79 Å². The van der Waals surface area contributed by atoms with Crippen molar-refractivity contribution in [2.24, 2.45) is 5.92 Å². The average molecular weight is 467 g/mol. The molecular formula is C23H28ClFN2O3S. The highest BCUT2D eigenvalue weighted by atomic mass is 35.5. The summed E-state index contributed by atoms with van der Waals surface area (Å²) < 4.78 is 40.8. The van der Waals surface area contributed by atoms with Crippen molar-refractivity contribution in [3.63, 3.8) is 0 Å². The van der Waals surface area contributed by atoms with Crippen LogP contribution in [0.15, 0.2) is 42.5 Å². The van der Waals surface area contributed by atoms with Crippen LogP contribution < -0.4 is 5.32 Å². The van der Waals surface area contributed by atoms with Crippen LogP contribution in [0.3, 0.4) is 0 Å². The van der Waals surface area contributed by atoms with Crippen molar-refractivity contribution in [2.45, 2.75) is 44.9 Å². The standard InChI is InChI=1S/C23H28ClFN2O3S/c1-3-17-7-9-18(10-8-17)16(2)26-23(28)19-11-13-27(14-12-19)31(29,30)15-20-21(24)5-4-6-22(20)25/h4-10,16,19H,3,11-15H2,1-2H3,(H,26,28)/t16-/m1/s1. The Morgan fingerprint density at radius 2 is 1.84 bits per heavy atom. The van der Waals surface area contributed by atoms with Crippen LogP contribution in [0, 0.1) is 11.7 Å². The minimum atomic E-state index is -3.73. The first-order chi connectivity index (χ1) is 14.7. The zero-order valence-electron chi connectivity index (χ0n) is 17.8. The molecule has 0 aliphatic carbocycles. The Morgan fingerprint density at radius 3 is 2.42 bits per heavy atom. The fourth-order valence-electron chi connectivity index (χ4n) is 3.80. The van der Waals surface area contributed by atoms with Crippen LogP contribution in [0.25, 0.3) is 0 Å². The van der Waals surface area contributed by atoms with E-state index in [1.165, 1.54) is 28.1 Å². The average Bonchev–Trinajstić information content (AvgIpc) is 2.76. The van der Waals surface area contributed by atoms with Gasteiger partial charge in [0.15, 0.2) is 0 Å². The van der Waals surface area contributed by atoms with E-state index in [-0.39, 0.29) is 41.5 Å². The molecule has 1 saturated heterocycles. The second-order valence-corrected chi connectivity index (χ2v) is 10.3. The Labute approximate surface area is 188 Å². The minimum absolute atomic E-state index is 0.0213. The van der Waals surface area contributed by atoms with Crippen molar-refractivity contribution >= 4 is 27.5 Å². The molecule has 5 nitrogen and oxygen atoms in total. The highest BCUT2D eigenvalue weighted by molar-refractivity contribution is 7.88. The van der Waals surface area contributed by atoms with Gasteiger partial charge in [-0.2, -0.15) is 0 Å². The van der Waals surface area contributed by atoms with Gasteiger partial charge < -0.3 is 5.32 Å². The van der Waals surface area contributed by atoms with Gasteiger partial charge in [-0.25, -0.2) is 17.1 Å². The molecule has 3 rings (SSSR count). The van der Waals surface area contributed by atoms with Crippen molar-refractivity contribution in [2.75, 3.05) is 13.1 Å². The fraction of sp³-hybridized carbons (Fsp3) is 0.435. The monoisotopic (exact) mass is 466 g/mol. The molecule has 1 amide bonds. The number of nitrogens with one attached hydrogen (secondary N) is 1. The predicted octanol–water partition coefficient (Wildman–Crippen LogP) is 4.46. The maximum atomic E-state index is 14.0. The van der Waals surface area contributed by atoms with Crippen molar-refractivity contribution < 1.29 is 17.6 Å². The fourth-order valence-corrected chi connectivity index (χ4v) is 5.71. The molecule has 0 bridgehead atoms. The number of nitrogens with zero attached hydrogens (tertiary/aromatic N) is 1. The lowest BCUT2D eigenvalue weighted by Gasteiger charge is -2.31. The summed E-state index contributed by atoms with van der Waals surface area (Å²) in [5.41, 5.74) is 2.26. The van der Waals surface area contributed by atoms with Crippen molar-refractivity contribution in [3.05, 3.63) is 70.0 Å². The minimum Gasteiger partial charge on any atom is -0.349 e. The van der Waals surface area contributed by atoms with Crippen LogP contribution in [-0.2, 0) is 27.0 Å². The summed E-state index contributed by atoms with van der Waals surface area (Å²) in [6.07, 6.45) is 1.82. The number of benzene rings is 2. The largest absolute Gasteiger partial charge is 0.349 e. The van der Waals surface area contributed by atoms with Crippen LogP contribution in [0.1, 0.15) is 49.4 Å². The van der Waals surface area contributed by atoms with Crippen molar-refractivity contribution in [1.29, 1.82) is 0 Å². The van der Waals surface area contributed by atoms with Gasteiger partial charge in [0.2, 0.25) is 15.9 Å². The van der Waals surface area contributed by atoms with E-state index < -0.39 is 21.6 Å². The van der Waals surface area contributed by atoms with Crippen LogP contribution in [0.4, 0.5) is 4.39 Å². The van der Waals surface area contributed by atoms with Gasteiger partial charge in [0.25, 0.3) is 0 Å². The van der Waals surface area contributed by atoms with E-state index in [0.29, 0.717) is 12.8 Å². The van der Waals surface area contributed by atoms with Gasteiger partial charge in [-0.05, 0) is 49.4 Å². The van der Waals surface area contributed by atoms with E-state index >= 15 is 0 Å². The molecule has 1 aliphatic heterocycles. The molecule has 1 aliphatic rings. The summed E-state index contributed by atoms with van der Waals surface area (Å²) in [6, 6.07) is 12.2. The Kier molecular flexibility index (Phi) is 7.73. The molecular weight excluding hydrogens is 439 g/mol. The number of carbonyl (C=O) groups excluding carboxylic acids is 1. The Bertz CT molecular complexity index is 999. The number of amides is 1. The number of hydrogen-bond acceptors (Lipinski definition) is 3. The van der Waals surface area contributed by atoms with Crippen LogP contribution >= 0.6 is 11.6 Å². The third kappa shape index (κ3) is 5.84. The van der Waals surface area contributed by atoms with E-state index in [1.54, 1.807) is 0 Å². The summed E-state index contributed by atoms with van der Waals surface area (Å²) in [4.78, 5) is 12.7.